The maximum atomic E-state index is 10.9. The molecule has 7 heteroatoms. The lowest BCUT2D eigenvalue weighted by atomic mass is 10.1. The van der Waals surface area contributed by atoms with Gasteiger partial charge in [0.15, 0.2) is 0 Å². The molecule has 2 aromatic rings. The zero-order valence-electron chi connectivity index (χ0n) is 13.5. The first-order valence-corrected chi connectivity index (χ1v) is 7.05. The number of nitro groups is 1. The molecular formula is C16H18N4O3. The molecule has 1 aromatic carbocycles. The maximum absolute atomic E-state index is 10.9. The first-order valence-electron chi connectivity index (χ1n) is 7.05. The van der Waals surface area contributed by atoms with E-state index in [1.165, 1.54) is 13.0 Å². The van der Waals surface area contributed by atoms with Gasteiger partial charge in [0.2, 0.25) is 5.91 Å². The average molecular weight is 314 g/mol. The fraction of sp³-hybridized carbons (Fsp3) is 0.250. The Labute approximate surface area is 133 Å². The fourth-order valence-corrected chi connectivity index (χ4v) is 2.49. The minimum atomic E-state index is -0.405. The van der Waals surface area contributed by atoms with Crippen LogP contribution in [0.4, 0.5) is 5.69 Å². The minimum Gasteiger partial charge on any atom is -0.318 e. The Kier molecular flexibility index (Phi) is 4.59. The van der Waals surface area contributed by atoms with Gasteiger partial charge in [0.25, 0.3) is 5.69 Å². The summed E-state index contributed by atoms with van der Waals surface area (Å²) in [5, 5.41) is 14.7. The van der Waals surface area contributed by atoms with Gasteiger partial charge in [-0.1, -0.05) is 0 Å². The third-order valence-electron chi connectivity index (χ3n) is 3.53. The number of hydrogen-bond donors (Lipinski definition) is 1. The Hall–Kier alpha value is -2.96. The number of nitro benzene ring substituents is 1. The van der Waals surface area contributed by atoms with E-state index in [9.17, 15) is 14.9 Å². The molecule has 0 aliphatic carbocycles. The molecule has 2 rings (SSSR count). The average Bonchev–Trinajstić information content (AvgIpc) is 2.73. The van der Waals surface area contributed by atoms with Crippen LogP contribution < -0.4 is 5.43 Å². The number of benzene rings is 1. The second-order valence-corrected chi connectivity index (χ2v) is 5.32. The molecule has 0 saturated heterocycles. The van der Waals surface area contributed by atoms with Crippen molar-refractivity contribution in [3.63, 3.8) is 0 Å². The van der Waals surface area contributed by atoms with Crippen LogP contribution in [0.5, 0.6) is 0 Å². The van der Waals surface area contributed by atoms with Gasteiger partial charge in [0.1, 0.15) is 0 Å². The number of amides is 1. The highest BCUT2D eigenvalue weighted by molar-refractivity contribution is 5.83. The number of hydrazone groups is 1. The Morgan fingerprint density at radius 2 is 2.00 bits per heavy atom. The van der Waals surface area contributed by atoms with Gasteiger partial charge < -0.3 is 4.57 Å². The van der Waals surface area contributed by atoms with E-state index in [1.54, 1.807) is 18.3 Å². The maximum Gasteiger partial charge on any atom is 0.269 e. The van der Waals surface area contributed by atoms with Crippen molar-refractivity contribution in [2.75, 3.05) is 0 Å². The highest BCUT2D eigenvalue weighted by atomic mass is 16.6. The molecule has 0 unspecified atom stereocenters. The smallest absolute Gasteiger partial charge is 0.269 e. The van der Waals surface area contributed by atoms with Crippen LogP contribution in [0.1, 0.15) is 29.4 Å². The number of hydrogen-bond acceptors (Lipinski definition) is 4. The minimum absolute atomic E-state index is 0.0705. The monoisotopic (exact) mass is 314 g/mol. The van der Waals surface area contributed by atoms with Crippen molar-refractivity contribution in [3.8, 4) is 5.69 Å². The van der Waals surface area contributed by atoms with Crippen molar-refractivity contribution < 1.29 is 9.72 Å². The number of rotatable bonds is 4. The van der Waals surface area contributed by atoms with Crippen molar-refractivity contribution in [2.45, 2.75) is 27.7 Å². The standard InChI is InChI=1S/C16H18N4O3/c1-10-7-15(20(22)23)5-6-16(10)19-11(2)8-14(12(19)3)9-17-18-13(4)21/h5-9H,1-4H3,(H,18,21)/b17-9-. The summed E-state index contributed by atoms with van der Waals surface area (Å²) in [7, 11) is 0. The first-order chi connectivity index (χ1) is 10.8. The summed E-state index contributed by atoms with van der Waals surface area (Å²) in [5.74, 6) is -0.235. The van der Waals surface area contributed by atoms with E-state index in [0.29, 0.717) is 0 Å². The number of aryl methyl sites for hydroxylation is 2. The summed E-state index contributed by atoms with van der Waals surface area (Å²) in [6.07, 6.45) is 1.58. The zero-order chi connectivity index (χ0) is 17.1. The lowest BCUT2D eigenvalue weighted by molar-refractivity contribution is -0.384. The van der Waals surface area contributed by atoms with Gasteiger partial charge in [-0.2, -0.15) is 5.10 Å². The summed E-state index contributed by atoms with van der Waals surface area (Å²) >= 11 is 0. The van der Waals surface area contributed by atoms with Crippen LogP contribution in [-0.2, 0) is 4.79 Å². The summed E-state index contributed by atoms with van der Waals surface area (Å²) in [6.45, 7) is 7.11. The number of nitrogens with one attached hydrogen (secondary N) is 1. The van der Waals surface area contributed by atoms with Crippen LogP contribution in [0.15, 0.2) is 29.4 Å². The van der Waals surface area contributed by atoms with Crippen LogP contribution in [0.2, 0.25) is 0 Å². The molecule has 0 aliphatic rings. The molecule has 1 heterocycles. The van der Waals surface area contributed by atoms with E-state index in [4.69, 9.17) is 0 Å². The van der Waals surface area contributed by atoms with Crippen molar-refractivity contribution in [1.29, 1.82) is 0 Å². The predicted octanol–water partition coefficient (Wildman–Crippen LogP) is 2.78. The Morgan fingerprint density at radius 1 is 1.30 bits per heavy atom. The second-order valence-electron chi connectivity index (χ2n) is 5.32. The Balaban J connectivity index is 2.45. The van der Waals surface area contributed by atoms with Gasteiger partial charge in [-0.3, -0.25) is 14.9 Å². The van der Waals surface area contributed by atoms with Gasteiger partial charge in [0, 0.05) is 41.7 Å². The molecule has 0 saturated carbocycles. The van der Waals surface area contributed by atoms with Gasteiger partial charge in [0.05, 0.1) is 11.1 Å². The quantitative estimate of drug-likeness (QED) is 0.534. The third kappa shape index (κ3) is 3.45. The lowest BCUT2D eigenvalue weighted by Gasteiger charge is -2.12. The first kappa shape index (κ1) is 16.4. The molecule has 0 fully saturated rings. The van der Waals surface area contributed by atoms with Crippen molar-refractivity contribution in [1.82, 2.24) is 9.99 Å². The fourth-order valence-electron chi connectivity index (χ4n) is 2.49. The number of nitrogens with zero attached hydrogens (tertiary/aromatic N) is 3. The highest BCUT2D eigenvalue weighted by Crippen LogP contribution is 2.25. The summed E-state index contributed by atoms with van der Waals surface area (Å²) in [6, 6.07) is 6.73. The Morgan fingerprint density at radius 3 is 2.57 bits per heavy atom. The number of carbonyl (C=O) groups is 1. The molecule has 1 N–H and O–H groups in total. The summed E-state index contributed by atoms with van der Waals surface area (Å²) in [4.78, 5) is 21.3. The molecule has 120 valence electrons. The SMILES string of the molecule is CC(=O)N/N=C\c1cc(C)n(-c2ccc([N+](=O)[O-])cc2C)c1C. The van der Waals surface area contributed by atoms with E-state index in [1.807, 2.05) is 31.4 Å². The molecule has 0 bridgehead atoms. The number of non-ortho nitro benzene ring substituents is 1. The highest BCUT2D eigenvalue weighted by Gasteiger charge is 2.14. The molecule has 0 spiro atoms. The van der Waals surface area contributed by atoms with Crippen LogP contribution in [0.25, 0.3) is 5.69 Å². The molecule has 23 heavy (non-hydrogen) atoms. The molecule has 0 aliphatic heterocycles. The van der Waals surface area contributed by atoms with Crippen molar-refractivity contribution in [2.24, 2.45) is 5.10 Å². The van der Waals surface area contributed by atoms with E-state index in [0.717, 1.165) is 28.2 Å². The molecule has 7 nitrogen and oxygen atoms in total. The van der Waals surface area contributed by atoms with Gasteiger partial charge in [-0.15, -0.1) is 0 Å². The molecule has 0 atom stereocenters. The van der Waals surface area contributed by atoms with Crippen LogP contribution >= 0.6 is 0 Å². The van der Waals surface area contributed by atoms with Gasteiger partial charge in [-0.05, 0) is 38.5 Å². The van der Waals surface area contributed by atoms with E-state index in [2.05, 4.69) is 10.5 Å². The van der Waals surface area contributed by atoms with Crippen LogP contribution in [0, 0.1) is 30.9 Å². The van der Waals surface area contributed by atoms with E-state index in [-0.39, 0.29) is 11.6 Å². The van der Waals surface area contributed by atoms with Gasteiger partial charge in [-0.25, -0.2) is 5.43 Å². The van der Waals surface area contributed by atoms with Crippen molar-refractivity contribution in [3.05, 3.63) is 56.9 Å². The largest absolute Gasteiger partial charge is 0.318 e. The summed E-state index contributed by atoms with van der Waals surface area (Å²) in [5.41, 5.74) is 6.91. The van der Waals surface area contributed by atoms with Crippen LogP contribution in [-0.4, -0.2) is 21.6 Å². The van der Waals surface area contributed by atoms with Gasteiger partial charge >= 0.3 is 0 Å². The normalized spacial score (nSPS) is 11.0. The lowest BCUT2D eigenvalue weighted by Crippen LogP contribution is -2.12. The summed E-state index contributed by atoms with van der Waals surface area (Å²) < 4.78 is 2.01. The molecule has 1 amide bonds. The number of aromatic nitrogens is 1. The number of carbonyl (C=O) groups excluding carboxylic acids is 1. The molecule has 0 radical (unpaired) electrons. The third-order valence-corrected chi connectivity index (χ3v) is 3.53. The Bertz CT molecular complexity index is 806. The van der Waals surface area contributed by atoms with Crippen molar-refractivity contribution >= 4 is 17.8 Å². The second kappa shape index (κ2) is 6.43. The van der Waals surface area contributed by atoms with Crippen LogP contribution in [0.3, 0.4) is 0 Å². The topological polar surface area (TPSA) is 89.5 Å². The van der Waals surface area contributed by atoms with E-state index < -0.39 is 4.92 Å². The predicted molar refractivity (Wildman–Crippen MR) is 88.0 cm³/mol. The molecule has 1 aromatic heterocycles. The zero-order valence-corrected chi connectivity index (χ0v) is 13.5. The van der Waals surface area contributed by atoms with E-state index >= 15 is 0 Å². The molecular weight excluding hydrogens is 296 g/mol.